The topological polar surface area (TPSA) is 59.1 Å². The Labute approximate surface area is 129 Å². The van der Waals surface area contributed by atoms with E-state index in [-0.39, 0.29) is 0 Å². The number of rotatable bonds is 6. The molecule has 5 heteroatoms. The number of aromatic nitrogens is 2. The molecule has 0 saturated heterocycles. The number of nitrogens with one attached hydrogen (secondary N) is 2. The van der Waals surface area contributed by atoms with Gasteiger partial charge in [0, 0.05) is 24.7 Å². The summed E-state index contributed by atoms with van der Waals surface area (Å²) < 4.78 is 5.08. The summed E-state index contributed by atoms with van der Waals surface area (Å²) in [7, 11) is 1.68. The van der Waals surface area contributed by atoms with Crippen LogP contribution in [0, 0.1) is 0 Å². The number of methoxy groups -OCH3 is 1. The van der Waals surface area contributed by atoms with Gasteiger partial charge in [-0.25, -0.2) is 4.98 Å². The first kappa shape index (κ1) is 14.3. The molecule has 3 aromatic rings. The summed E-state index contributed by atoms with van der Waals surface area (Å²) in [6.07, 6.45) is 0. The van der Waals surface area contributed by atoms with Crippen molar-refractivity contribution >= 4 is 28.4 Å². The predicted octanol–water partition coefficient (Wildman–Crippen LogP) is 3.43. The lowest BCUT2D eigenvalue weighted by Gasteiger charge is -2.11. The Morgan fingerprint density at radius 1 is 0.955 bits per heavy atom. The third-order valence-electron chi connectivity index (χ3n) is 3.23. The molecular weight excluding hydrogens is 276 g/mol. The van der Waals surface area contributed by atoms with Crippen molar-refractivity contribution in [1.29, 1.82) is 0 Å². The Morgan fingerprint density at radius 3 is 2.55 bits per heavy atom. The summed E-state index contributed by atoms with van der Waals surface area (Å²) in [4.78, 5) is 9.15. The van der Waals surface area contributed by atoms with E-state index in [2.05, 4.69) is 20.6 Å². The van der Waals surface area contributed by atoms with Crippen LogP contribution >= 0.6 is 0 Å². The van der Waals surface area contributed by atoms with Gasteiger partial charge in [-0.3, -0.25) is 0 Å². The molecule has 1 aromatic heterocycles. The third kappa shape index (κ3) is 3.32. The molecule has 0 aliphatic carbocycles. The highest BCUT2D eigenvalue weighted by atomic mass is 16.5. The van der Waals surface area contributed by atoms with Crippen molar-refractivity contribution in [1.82, 2.24) is 9.97 Å². The summed E-state index contributed by atoms with van der Waals surface area (Å²) in [6, 6.07) is 17.8. The molecule has 0 atom stereocenters. The van der Waals surface area contributed by atoms with Crippen LogP contribution in [0.2, 0.25) is 0 Å². The van der Waals surface area contributed by atoms with Gasteiger partial charge in [0.15, 0.2) is 0 Å². The van der Waals surface area contributed by atoms with Crippen LogP contribution in [0.3, 0.4) is 0 Å². The van der Waals surface area contributed by atoms with E-state index in [1.54, 1.807) is 7.11 Å². The van der Waals surface area contributed by atoms with Crippen LogP contribution in [-0.2, 0) is 4.74 Å². The van der Waals surface area contributed by atoms with E-state index in [0.29, 0.717) is 19.1 Å². The lowest BCUT2D eigenvalue weighted by atomic mass is 10.2. The van der Waals surface area contributed by atoms with Gasteiger partial charge in [-0.05, 0) is 24.3 Å². The Balaban J connectivity index is 1.93. The maximum absolute atomic E-state index is 5.08. The molecule has 0 aliphatic rings. The second-order valence-electron chi connectivity index (χ2n) is 4.82. The van der Waals surface area contributed by atoms with Gasteiger partial charge < -0.3 is 15.4 Å². The van der Waals surface area contributed by atoms with E-state index in [0.717, 1.165) is 22.4 Å². The lowest BCUT2D eigenvalue weighted by Crippen LogP contribution is -2.10. The third-order valence-corrected chi connectivity index (χ3v) is 3.23. The predicted molar refractivity (Wildman–Crippen MR) is 89.6 cm³/mol. The van der Waals surface area contributed by atoms with Crippen LogP contribution in [0.5, 0.6) is 0 Å². The van der Waals surface area contributed by atoms with Crippen molar-refractivity contribution in [2.45, 2.75) is 0 Å². The standard InChI is InChI=1S/C17H18N4O/c1-22-12-11-18-16-14-9-5-6-10-15(14)20-17(21-16)19-13-7-3-2-4-8-13/h2-10H,11-12H2,1H3,(H2,18,19,20,21). The molecule has 3 rings (SSSR count). The van der Waals surface area contributed by atoms with E-state index in [1.807, 2.05) is 54.6 Å². The number of nitrogens with zero attached hydrogens (tertiary/aromatic N) is 2. The summed E-state index contributed by atoms with van der Waals surface area (Å²) in [5.74, 6) is 1.38. The van der Waals surface area contributed by atoms with Gasteiger partial charge in [0.05, 0.1) is 12.1 Å². The van der Waals surface area contributed by atoms with E-state index in [4.69, 9.17) is 4.74 Å². The van der Waals surface area contributed by atoms with Crippen LogP contribution in [0.15, 0.2) is 54.6 Å². The highest BCUT2D eigenvalue weighted by Gasteiger charge is 2.07. The molecule has 0 unspecified atom stereocenters. The zero-order valence-corrected chi connectivity index (χ0v) is 12.4. The number of hydrogen-bond donors (Lipinski definition) is 2. The highest BCUT2D eigenvalue weighted by molar-refractivity contribution is 5.90. The van der Waals surface area contributed by atoms with Gasteiger partial charge >= 0.3 is 0 Å². The Kier molecular flexibility index (Phi) is 4.46. The Hall–Kier alpha value is -2.66. The second-order valence-corrected chi connectivity index (χ2v) is 4.82. The molecule has 0 bridgehead atoms. The van der Waals surface area contributed by atoms with Crippen LogP contribution in [-0.4, -0.2) is 30.2 Å². The second kappa shape index (κ2) is 6.87. The maximum Gasteiger partial charge on any atom is 0.229 e. The zero-order chi connectivity index (χ0) is 15.2. The first-order valence-electron chi connectivity index (χ1n) is 7.18. The van der Waals surface area contributed by atoms with Gasteiger partial charge in [-0.15, -0.1) is 0 Å². The Bertz CT molecular complexity index is 746. The van der Waals surface area contributed by atoms with Crippen molar-refractivity contribution in [3.8, 4) is 0 Å². The van der Waals surface area contributed by atoms with Crippen molar-refractivity contribution in [2.75, 3.05) is 30.9 Å². The number of fused-ring (bicyclic) bond motifs is 1. The fourth-order valence-corrected chi connectivity index (χ4v) is 2.19. The average Bonchev–Trinajstić information content (AvgIpc) is 2.56. The molecule has 0 fully saturated rings. The van der Waals surface area contributed by atoms with Crippen LogP contribution in [0.25, 0.3) is 10.9 Å². The van der Waals surface area contributed by atoms with Gasteiger partial charge in [0.2, 0.25) is 5.95 Å². The Morgan fingerprint density at radius 2 is 1.73 bits per heavy atom. The summed E-state index contributed by atoms with van der Waals surface area (Å²) in [5.41, 5.74) is 1.86. The minimum absolute atomic E-state index is 0.574. The molecule has 0 aliphatic heterocycles. The summed E-state index contributed by atoms with van der Waals surface area (Å²) in [5, 5.41) is 7.53. The smallest absolute Gasteiger partial charge is 0.229 e. The number of anilines is 3. The molecule has 5 nitrogen and oxygen atoms in total. The van der Waals surface area contributed by atoms with Crippen LogP contribution in [0.1, 0.15) is 0 Å². The molecule has 0 saturated carbocycles. The largest absolute Gasteiger partial charge is 0.383 e. The lowest BCUT2D eigenvalue weighted by molar-refractivity contribution is 0.210. The quantitative estimate of drug-likeness (QED) is 0.682. The minimum Gasteiger partial charge on any atom is -0.383 e. The molecule has 0 radical (unpaired) electrons. The van der Waals surface area contributed by atoms with E-state index >= 15 is 0 Å². The average molecular weight is 294 g/mol. The minimum atomic E-state index is 0.574. The van der Waals surface area contributed by atoms with Crippen molar-refractivity contribution in [3.63, 3.8) is 0 Å². The molecule has 2 N–H and O–H groups in total. The maximum atomic E-state index is 5.08. The summed E-state index contributed by atoms with van der Waals surface area (Å²) >= 11 is 0. The highest BCUT2D eigenvalue weighted by Crippen LogP contribution is 2.23. The van der Waals surface area contributed by atoms with Crippen molar-refractivity contribution in [3.05, 3.63) is 54.6 Å². The first-order valence-corrected chi connectivity index (χ1v) is 7.18. The monoisotopic (exact) mass is 294 g/mol. The normalized spacial score (nSPS) is 10.6. The van der Waals surface area contributed by atoms with Crippen LogP contribution in [0.4, 0.5) is 17.5 Å². The first-order chi connectivity index (χ1) is 10.9. The zero-order valence-electron chi connectivity index (χ0n) is 12.4. The molecule has 112 valence electrons. The van der Waals surface area contributed by atoms with E-state index < -0.39 is 0 Å². The van der Waals surface area contributed by atoms with Crippen LogP contribution < -0.4 is 10.6 Å². The van der Waals surface area contributed by atoms with Crippen molar-refractivity contribution in [2.24, 2.45) is 0 Å². The molecule has 0 spiro atoms. The molecule has 0 amide bonds. The van der Waals surface area contributed by atoms with Gasteiger partial charge in [-0.1, -0.05) is 30.3 Å². The number of benzene rings is 2. The van der Waals surface area contributed by atoms with Crippen molar-refractivity contribution < 1.29 is 4.74 Å². The molecule has 1 heterocycles. The molecule has 22 heavy (non-hydrogen) atoms. The fourth-order valence-electron chi connectivity index (χ4n) is 2.19. The SMILES string of the molecule is COCCNc1nc(Nc2ccccc2)nc2ccccc12. The summed E-state index contributed by atoms with van der Waals surface area (Å²) in [6.45, 7) is 1.32. The van der Waals surface area contributed by atoms with E-state index in [1.165, 1.54) is 0 Å². The fraction of sp³-hybridized carbons (Fsp3) is 0.176. The molecule has 2 aromatic carbocycles. The van der Waals surface area contributed by atoms with Gasteiger partial charge in [0.25, 0.3) is 0 Å². The number of para-hydroxylation sites is 2. The van der Waals surface area contributed by atoms with Gasteiger partial charge in [0.1, 0.15) is 5.82 Å². The number of hydrogen-bond acceptors (Lipinski definition) is 5. The van der Waals surface area contributed by atoms with E-state index in [9.17, 15) is 0 Å². The number of ether oxygens (including phenoxy) is 1. The molecular formula is C17H18N4O. The van der Waals surface area contributed by atoms with Gasteiger partial charge in [-0.2, -0.15) is 4.98 Å².